The summed E-state index contributed by atoms with van der Waals surface area (Å²) in [5.41, 5.74) is 2.95. The predicted molar refractivity (Wildman–Crippen MR) is 63.6 cm³/mol. The van der Waals surface area contributed by atoms with Gasteiger partial charge in [-0.15, -0.1) is 0 Å². The first-order valence-electron chi connectivity index (χ1n) is 5.90. The number of nitrogens with zero attached hydrogens (tertiary/aromatic N) is 1. The molecule has 1 heterocycles. The van der Waals surface area contributed by atoms with Crippen LogP contribution in [0.3, 0.4) is 0 Å². The Morgan fingerprint density at radius 2 is 2.07 bits per heavy atom. The van der Waals surface area contributed by atoms with Crippen LogP contribution in [0.25, 0.3) is 0 Å². The minimum Gasteiger partial charge on any atom is -0.338 e. The Kier molecular flexibility index (Phi) is 4.60. The lowest BCUT2D eigenvalue weighted by molar-refractivity contribution is -0.128. The number of allylic oxidation sites excluding steroid dienone is 1. The molecule has 1 aliphatic heterocycles. The standard InChI is InChI=1S/C11H15NO.C2H6/c1-9(13)12-7-6-10-4-2-3-5-11(10)8-12;1-2/h3,5H,2,4,6-8H2,1H3;1-2H3. The summed E-state index contributed by atoms with van der Waals surface area (Å²) in [7, 11) is 0. The number of hydrogen-bond donors (Lipinski definition) is 0. The second-order valence-corrected chi connectivity index (χ2v) is 3.76. The van der Waals surface area contributed by atoms with Crippen molar-refractivity contribution in [2.45, 2.75) is 40.0 Å². The maximum Gasteiger partial charge on any atom is 0.219 e. The highest BCUT2D eigenvalue weighted by Crippen LogP contribution is 2.26. The van der Waals surface area contributed by atoms with Crippen molar-refractivity contribution in [2.75, 3.05) is 13.1 Å². The van der Waals surface area contributed by atoms with E-state index in [0.29, 0.717) is 0 Å². The number of carbonyl (C=O) groups is 1. The normalized spacial score (nSPS) is 19.3. The van der Waals surface area contributed by atoms with Crippen molar-refractivity contribution in [1.82, 2.24) is 4.90 Å². The first kappa shape index (κ1) is 12.0. The van der Waals surface area contributed by atoms with Crippen LogP contribution in [0.2, 0.25) is 0 Å². The van der Waals surface area contributed by atoms with E-state index in [1.54, 1.807) is 12.5 Å². The highest BCUT2D eigenvalue weighted by molar-refractivity contribution is 5.74. The second kappa shape index (κ2) is 5.74. The molecule has 0 spiro atoms. The van der Waals surface area contributed by atoms with Crippen LogP contribution in [0, 0.1) is 0 Å². The van der Waals surface area contributed by atoms with Gasteiger partial charge in [0.1, 0.15) is 0 Å². The molecule has 2 rings (SSSR count). The van der Waals surface area contributed by atoms with Crippen molar-refractivity contribution in [2.24, 2.45) is 0 Å². The van der Waals surface area contributed by atoms with Crippen molar-refractivity contribution in [3.05, 3.63) is 23.3 Å². The number of rotatable bonds is 0. The molecular weight excluding hydrogens is 186 g/mol. The van der Waals surface area contributed by atoms with Gasteiger partial charge in [-0.2, -0.15) is 0 Å². The number of carbonyl (C=O) groups excluding carboxylic acids is 1. The molecule has 0 aromatic rings. The van der Waals surface area contributed by atoms with Gasteiger partial charge >= 0.3 is 0 Å². The molecule has 0 N–H and O–H groups in total. The molecule has 84 valence electrons. The lowest BCUT2D eigenvalue weighted by Crippen LogP contribution is -2.35. The molecule has 15 heavy (non-hydrogen) atoms. The fourth-order valence-corrected chi connectivity index (χ4v) is 2.04. The average molecular weight is 207 g/mol. The van der Waals surface area contributed by atoms with Crippen molar-refractivity contribution in [3.63, 3.8) is 0 Å². The molecule has 0 aromatic heterocycles. The molecule has 0 unspecified atom stereocenters. The summed E-state index contributed by atoms with van der Waals surface area (Å²) in [6, 6.07) is 0. The van der Waals surface area contributed by atoms with E-state index >= 15 is 0 Å². The van der Waals surface area contributed by atoms with Gasteiger partial charge < -0.3 is 4.90 Å². The van der Waals surface area contributed by atoms with Crippen LogP contribution in [0.1, 0.15) is 40.0 Å². The van der Waals surface area contributed by atoms with Crippen molar-refractivity contribution in [3.8, 4) is 0 Å². The van der Waals surface area contributed by atoms with E-state index in [2.05, 4.69) is 12.2 Å². The van der Waals surface area contributed by atoms with E-state index in [-0.39, 0.29) is 5.91 Å². The van der Waals surface area contributed by atoms with E-state index < -0.39 is 0 Å². The lowest BCUT2D eigenvalue weighted by Gasteiger charge is -2.30. The van der Waals surface area contributed by atoms with Crippen LogP contribution in [0.15, 0.2) is 23.3 Å². The fraction of sp³-hybridized carbons (Fsp3) is 0.615. The molecule has 1 aliphatic carbocycles. The first-order chi connectivity index (χ1) is 7.27. The summed E-state index contributed by atoms with van der Waals surface area (Å²) in [4.78, 5) is 13.1. The highest BCUT2D eigenvalue weighted by atomic mass is 16.2. The third kappa shape index (κ3) is 2.95. The van der Waals surface area contributed by atoms with Crippen LogP contribution in [-0.2, 0) is 4.79 Å². The SMILES string of the molecule is CC.CC(=O)N1CCC2=C(C=CCC2)C1. The zero-order valence-electron chi connectivity index (χ0n) is 10.0. The number of amides is 1. The van der Waals surface area contributed by atoms with Gasteiger partial charge in [0.2, 0.25) is 5.91 Å². The third-order valence-corrected chi connectivity index (χ3v) is 2.88. The van der Waals surface area contributed by atoms with Crippen LogP contribution in [0.5, 0.6) is 0 Å². The predicted octanol–water partition coefficient (Wildman–Crippen LogP) is 2.91. The van der Waals surface area contributed by atoms with Crippen LogP contribution in [-0.4, -0.2) is 23.9 Å². The molecule has 0 aromatic carbocycles. The first-order valence-corrected chi connectivity index (χ1v) is 5.90. The van der Waals surface area contributed by atoms with Gasteiger partial charge in [-0.3, -0.25) is 4.79 Å². The summed E-state index contributed by atoms with van der Waals surface area (Å²) in [5.74, 6) is 0.200. The Hall–Kier alpha value is -1.05. The van der Waals surface area contributed by atoms with Gasteiger partial charge in [0.05, 0.1) is 0 Å². The van der Waals surface area contributed by atoms with Crippen LogP contribution < -0.4 is 0 Å². The summed E-state index contributed by atoms with van der Waals surface area (Å²) in [5, 5.41) is 0. The Balaban J connectivity index is 0.000000531. The quantitative estimate of drug-likeness (QED) is 0.598. The monoisotopic (exact) mass is 207 g/mol. The zero-order valence-corrected chi connectivity index (χ0v) is 10.0. The Bertz CT molecular complexity index is 289. The van der Waals surface area contributed by atoms with Crippen molar-refractivity contribution in [1.29, 1.82) is 0 Å². The molecule has 0 fully saturated rings. The van der Waals surface area contributed by atoms with Gasteiger partial charge in [0.25, 0.3) is 0 Å². The lowest BCUT2D eigenvalue weighted by atomic mass is 9.92. The topological polar surface area (TPSA) is 20.3 Å². The van der Waals surface area contributed by atoms with E-state index in [4.69, 9.17) is 0 Å². The van der Waals surface area contributed by atoms with Crippen LogP contribution >= 0.6 is 0 Å². The molecule has 2 nitrogen and oxygen atoms in total. The van der Waals surface area contributed by atoms with E-state index in [1.807, 2.05) is 18.7 Å². The summed E-state index contributed by atoms with van der Waals surface area (Å²) in [6.45, 7) is 7.40. The van der Waals surface area contributed by atoms with Crippen molar-refractivity contribution < 1.29 is 4.79 Å². The Labute approximate surface area is 92.7 Å². The van der Waals surface area contributed by atoms with Crippen molar-refractivity contribution >= 4 is 5.91 Å². The molecule has 0 saturated heterocycles. The third-order valence-electron chi connectivity index (χ3n) is 2.88. The fourth-order valence-electron chi connectivity index (χ4n) is 2.04. The molecule has 0 saturated carbocycles. The molecule has 0 atom stereocenters. The molecule has 1 amide bonds. The number of hydrogen-bond acceptors (Lipinski definition) is 1. The van der Waals surface area contributed by atoms with E-state index in [9.17, 15) is 4.79 Å². The Morgan fingerprint density at radius 1 is 1.33 bits per heavy atom. The Morgan fingerprint density at radius 3 is 2.73 bits per heavy atom. The average Bonchev–Trinajstić information content (AvgIpc) is 2.31. The van der Waals surface area contributed by atoms with Gasteiger partial charge in [-0.05, 0) is 24.8 Å². The summed E-state index contributed by atoms with van der Waals surface area (Å²) in [6.07, 6.45) is 7.87. The molecular formula is C13H21NO. The maximum absolute atomic E-state index is 11.2. The smallest absolute Gasteiger partial charge is 0.219 e. The summed E-state index contributed by atoms with van der Waals surface area (Å²) < 4.78 is 0. The van der Waals surface area contributed by atoms with Gasteiger partial charge in [-0.1, -0.05) is 31.6 Å². The minimum atomic E-state index is 0.200. The van der Waals surface area contributed by atoms with E-state index in [0.717, 1.165) is 19.5 Å². The molecule has 0 radical (unpaired) electrons. The van der Waals surface area contributed by atoms with Crippen LogP contribution in [0.4, 0.5) is 0 Å². The highest BCUT2D eigenvalue weighted by Gasteiger charge is 2.19. The molecule has 2 aliphatic rings. The van der Waals surface area contributed by atoms with E-state index in [1.165, 1.54) is 18.4 Å². The minimum absolute atomic E-state index is 0.200. The second-order valence-electron chi connectivity index (χ2n) is 3.76. The summed E-state index contributed by atoms with van der Waals surface area (Å²) >= 11 is 0. The molecule has 0 bridgehead atoms. The molecule has 2 heteroatoms. The maximum atomic E-state index is 11.2. The zero-order chi connectivity index (χ0) is 11.3. The van der Waals surface area contributed by atoms with Gasteiger partial charge in [0, 0.05) is 20.0 Å². The van der Waals surface area contributed by atoms with Gasteiger partial charge in [0.15, 0.2) is 0 Å². The van der Waals surface area contributed by atoms with Gasteiger partial charge in [-0.25, -0.2) is 0 Å². The largest absolute Gasteiger partial charge is 0.338 e.